The number of amides is 1. The highest BCUT2D eigenvalue weighted by molar-refractivity contribution is 6.30. The lowest BCUT2D eigenvalue weighted by molar-refractivity contribution is 0.0746. The number of benzene rings is 1. The molecule has 1 aromatic carbocycles. The maximum absolute atomic E-state index is 13.0. The number of carbonyl (C=O) groups excluding carboxylic acids is 1. The Morgan fingerprint density at radius 1 is 1.08 bits per heavy atom. The van der Waals surface area contributed by atoms with Crippen molar-refractivity contribution in [1.82, 2.24) is 9.47 Å². The predicted molar refractivity (Wildman–Crippen MR) is 104 cm³/mol. The van der Waals surface area contributed by atoms with Gasteiger partial charge in [0, 0.05) is 54.3 Å². The Hall–Kier alpha value is -1.94. The molecule has 0 bridgehead atoms. The molecule has 1 saturated heterocycles. The van der Waals surface area contributed by atoms with E-state index in [1.54, 1.807) is 0 Å². The third kappa shape index (κ3) is 3.54. The van der Waals surface area contributed by atoms with Crippen LogP contribution in [0.1, 0.15) is 41.6 Å². The molecule has 1 fully saturated rings. The molecule has 4 nitrogen and oxygen atoms in total. The van der Waals surface area contributed by atoms with Gasteiger partial charge >= 0.3 is 0 Å². The molecule has 3 rings (SSSR count). The standard InChI is InChI=1S/C20H26ClN3O/c1-14(2)24-15(3)12-19(16(24)4)20(25)23-10-8-22(9-11-23)18-7-5-6-17(21)13-18/h5-7,12-14H,8-11H2,1-4H3. The fourth-order valence-electron chi connectivity index (χ4n) is 3.80. The second-order valence-corrected chi connectivity index (χ2v) is 7.44. The summed E-state index contributed by atoms with van der Waals surface area (Å²) < 4.78 is 2.23. The maximum atomic E-state index is 13.0. The van der Waals surface area contributed by atoms with Crippen molar-refractivity contribution in [2.75, 3.05) is 31.1 Å². The van der Waals surface area contributed by atoms with E-state index in [0.29, 0.717) is 6.04 Å². The van der Waals surface area contributed by atoms with Gasteiger partial charge in [-0.2, -0.15) is 0 Å². The van der Waals surface area contributed by atoms with E-state index in [0.717, 1.165) is 53.8 Å². The van der Waals surface area contributed by atoms with Crippen molar-refractivity contribution in [2.45, 2.75) is 33.7 Å². The van der Waals surface area contributed by atoms with Crippen molar-refractivity contribution in [3.8, 4) is 0 Å². The molecule has 0 spiro atoms. The average Bonchev–Trinajstić information content (AvgIpc) is 2.89. The van der Waals surface area contributed by atoms with Crippen LogP contribution >= 0.6 is 11.6 Å². The van der Waals surface area contributed by atoms with Crippen LogP contribution in [0.4, 0.5) is 5.69 Å². The summed E-state index contributed by atoms with van der Waals surface area (Å²) in [4.78, 5) is 17.2. The zero-order chi connectivity index (χ0) is 18.1. The minimum atomic E-state index is 0.144. The number of aromatic nitrogens is 1. The van der Waals surface area contributed by atoms with Crippen molar-refractivity contribution in [3.05, 3.63) is 52.3 Å². The predicted octanol–water partition coefficient (Wildman–Crippen LogP) is 4.30. The molecule has 1 aliphatic rings. The lowest BCUT2D eigenvalue weighted by Gasteiger charge is -2.36. The summed E-state index contributed by atoms with van der Waals surface area (Å²) in [6, 6.07) is 10.3. The van der Waals surface area contributed by atoms with E-state index in [1.165, 1.54) is 0 Å². The highest BCUT2D eigenvalue weighted by atomic mass is 35.5. The smallest absolute Gasteiger partial charge is 0.255 e. The maximum Gasteiger partial charge on any atom is 0.255 e. The largest absolute Gasteiger partial charge is 0.368 e. The minimum absolute atomic E-state index is 0.144. The van der Waals surface area contributed by atoms with E-state index in [2.05, 4.69) is 36.3 Å². The van der Waals surface area contributed by atoms with E-state index < -0.39 is 0 Å². The molecule has 0 saturated carbocycles. The third-order valence-corrected chi connectivity index (χ3v) is 5.21. The van der Waals surface area contributed by atoms with Gasteiger partial charge in [0.1, 0.15) is 0 Å². The van der Waals surface area contributed by atoms with Crippen molar-refractivity contribution in [2.24, 2.45) is 0 Å². The van der Waals surface area contributed by atoms with Gasteiger partial charge in [-0.25, -0.2) is 0 Å². The molecular weight excluding hydrogens is 334 g/mol. The van der Waals surface area contributed by atoms with Gasteiger partial charge in [0.15, 0.2) is 0 Å². The summed E-state index contributed by atoms with van der Waals surface area (Å²) in [5.41, 5.74) is 4.17. The van der Waals surface area contributed by atoms with E-state index >= 15 is 0 Å². The first-order chi connectivity index (χ1) is 11.9. The molecule has 2 aromatic rings. The van der Waals surface area contributed by atoms with Crippen molar-refractivity contribution in [1.29, 1.82) is 0 Å². The zero-order valence-electron chi connectivity index (χ0n) is 15.4. The normalized spacial score (nSPS) is 15.1. The van der Waals surface area contributed by atoms with Crippen LogP contribution in [-0.4, -0.2) is 41.6 Å². The molecule has 1 amide bonds. The number of rotatable bonds is 3. The summed E-state index contributed by atoms with van der Waals surface area (Å²) >= 11 is 6.09. The van der Waals surface area contributed by atoms with E-state index in [9.17, 15) is 4.79 Å². The van der Waals surface area contributed by atoms with Crippen LogP contribution < -0.4 is 4.90 Å². The fraction of sp³-hybridized carbons (Fsp3) is 0.450. The van der Waals surface area contributed by atoms with Crippen molar-refractivity contribution < 1.29 is 4.79 Å². The van der Waals surface area contributed by atoms with Crippen molar-refractivity contribution >= 4 is 23.2 Å². The molecule has 5 heteroatoms. The van der Waals surface area contributed by atoms with Gasteiger partial charge < -0.3 is 14.4 Å². The lowest BCUT2D eigenvalue weighted by atomic mass is 10.2. The minimum Gasteiger partial charge on any atom is -0.368 e. The van der Waals surface area contributed by atoms with Crippen LogP contribution in [0, 0.1) is 13.8 Å². The number of anilines is 1. The highest BCUT2D eigenvalue weighted by Crippen LogP contribution is 2.24. The summed E-state index contributed by atoms with van der Waals surface area (Å²) in [5, 5.41) is 0.747. The van der Waals surface area contributed by atoms with Gasteiger partial charge in [-0.1, -0.05) is 17.7 Å². The van der Waals surface area contributed by atoms with Crippen LogP contribution in [0.5, 0.6) is 0 Å². The lowest BCUT2D eigenvalue weighted by Crippen LogP contribution is -2.48. The summed E-state index contributed by atoms with van der Waals surface area (Å²) in [6.45, 7) is 11.5. The van der Waals surface area contributed by atoms with Gasteiger partial charge in [-0.05, 0) is 52.0 Å². The molecule has 0 N–H and O–H groups in total. The fourth-order valence-corrected chi connectivity index (χ4v) is 3.98. The average molecular weight is 360 g/mol. The Morgan fingerprint density at radius 3 is 2.32 bits per heavy atom. The number of hydrogen-bond donors (Lipinski definition) is 0. The molecule has 1 aliphatic heterocycles. The second kappa shape index (κ2) is 7.12. The second-order valence-electron chi connectivity index (χ2n) is 7.01. The van der Waals surface area contributed by atoms with Crippen LogP contribution in [0.3, 0.4) is 0 Å². The molecule has 0 radical (unpaired) electrons. The number of halogens is 1. The molecule has 0 aliphatic carbocycles. The number of hydrogen-bond acceptors (Lipinski definition) is 2. The number of nitrogens with zero attached hydrogens (tertiary/aromatic N) is 3. The molecule has 0 unspecified atom stereocenters. The number of piperazine rings is 1. The highest BCUT2D eigenvalue weighted by Gasteiger charge is 2.25. The van der Waals surface area contributed by atoms with Crippen LogP contribution in [0.25, 0.3) is 0 Å². The Balaban J connectivity index is 1.71. The van der Waals surface area contributed by atoms with E-state index in [-0.39, 0.29) is 5.91 Å². The molecule has 134 valence electrons. The van der Waals surface area contributed by atoms with E-state index in [1.807, 2.05) is 36.1 Å². The SMILES string of the molecule is Cc1cc(C(=O)N2CCN(c3cccc(Cl)c3)CC2)c(C)n1C(C)C. The van der Waals surface area contributed by atoms with Crippen LogP contribution in [-0.2, 0) is 0 Å². The topological polar surface area (TPSA) is 28.5 Å². The summed E-state index contributed by atoms with van der Waals surface area (Å²) in [5.74, 6) is 0.144. The van der Waals surface area contributed by atoms with E-state index in [4.69, 9.17) is 11.6 Å². The quantitative estimate of drug-likeness (QED) is 0.817. The summed E-state index contributed by atoms with van der Waals surface area (Å²) in [6.07, 6.45) is 0. The Labute approximate surface area is 155 Å². The summed E-state index contributed by atoms with van der Waals surface area (Å²) in [7, 11) is 0. The first kappa shape index (κ1) is 17.9. The van der Waals surface area contributed by atoms with Gasteiger partial charge in [-0.3, -0.25) is 4.79 Å². The Kier molecular flexibility index (Phi) is 5.09. The molecule has 0 atom stereocenters. The molecule has 2 heterocycles. The number of carbonyl (C=O) groups is 1. The molecule has 1 aromatic heterocycles. The van der Waals surface area contributed by atoms with Gasteiger partial charge in [0.05, 0.1) is 5.56 Å². The third-order valence-electron chi connectivity index (χ3n) is 4.97. The van der Waals surface area contributed by atoms with Crippen LogP contribution in [0.2, 0.25) is 5.02 Å². The number of aryl methyl sites for hydroxylation is 1. The first-order valence-electron chi connectivity index (χ1n) is 8.86. The van der Waals surface area contributed by atoms with Gasteiger partial charge in [0.2, 0.25) is 0 Å². The first-order valence-corrected chi connectivity index (χ1v) is 9.24. The van der Waals surface area contributed by atoms with Gasteiger partial charge in [0.25, 0.3) is 5.91 Å². The van der Waals surface area contributed by atoms with Crippen molar-refractivity contribution in [3.63, 3.8) is 0 Å². The molecule has 25 heavy (non-hydrogen) atoms. The zero-order valence-corrected chi connectivity index (χ0v) is 16.2. The monoisotopic (exact) mass is 359 g/mol. The Bertz CT molecular complexity index is 773. The van der Waals surface area contributed by atoms with Crippen LogP contribution in [0.15, 0.2) is 30.3 Å². The van der Waals surface area contributed by atoms with Gasteiger partial charge in [-0.15, -0.1) is 0 Å². The molecular formula is C20H26ClN3O. The Morgan fingerprint density at radius 2 is 1.76 bits per heavy atom.